The number of thiocarbonyl (C=S) groups is 1. The number of hydrogen-bond acceptors (Lipinski definition) is 6. The van der Waals surface area contributed by atoms with Crippen molar-refractivity contribution in [1.82, 2.24) is 20.2 Å². The quantitative estimate of drug-likeness (QED) is 0.165. The number of furan rings is 1. The second kappa shape index (κ2) is 11.5. The third-order valence-electron chi connectivity index (χ3n) is 4.70. The van der Waals surface area contributed by atoms with E-state index in [9.17, 15) is 4.79 Å². The van der Waals surface area contributed by atoms with Crippen LogP contribution in [-0.2, 0) is 10.5 Å². The lowest BCUT2D eigenvalue weighted by Gasteiger charge is -2.12. The van der Waals surface area contributed by atoms with Crippen LogP contribution in [0.4, 0.5) is 0 Å². The Balaban J connectivity index is 1.34. The fourth-order valence-electron chi connectivity index (χ4n) is 3.01. The Bertz CT molecular complexity index is 1390. The number of rotatable bonds is 7. The van der Waals surface area contributed by atoms with E-state index in [4.69, 9.17) is 39.8 Å². The number of halogens is 2. The maximum atomic E-state index is 12.4. The Morgan fingerprint density at radius 3 is 2.71 bits per heavy atom. The van der Waals surface area contributed by atoms with Crippen LogP contribution in [0.5, 0.6) is 0 Å². The lowest BCUT2D eigenvalue weighted by Crippen LogP contribution is -2.37. The molecule has 4 rings (SSSR count). The third kappa shape index (κ3) is 6.52. The Morgan fingerprint density at radius 2 is 1.91 bits per heavy atom. The summed E-state index contributed by atoms with van der Waals surface area (Å²) in [7, 11) is 0. The monoisotopic (exact) mass is 543 g/mol. The molecule has 0 saturated carbocycles. The van der Waals surface area contributed by atoms with Crippen molar-refractivity contribution in [3.63, 3.8) is 0 Å². The van der Waals surface area contributed by atoms with Crippen molar-refractivity contribution in [2.45, 2.75) is 17.8 Å². The van der Waals surface area contributed by atoms with Gasteiger partial charge in [-0.15, -0.1) is 10.2 Å². The molecule has 0 atom stereocenters. The van der Waals surface area contributed by atoms with Crippen LogP contribution in [0.25, 0.3) is 17.4 Å². The topological polar surface area (TPSA) is 85.0 Å². The molecule has 2 aromatic heterocycles. The van der Waals surface area contributed by atoms with Crippen LogP contribution in [0.15, 0.2) is 76.3 Å². The molecular weight excluding hydrogens is 525 g/mol. The first-order valence-corrected chi connectivity index (χ1v) is 12.5. The van der Waals surface area contributed by atoms with Gasteiger partial charge in [-0.1, -0.05) is 71.4 Å². The average molecular weight is 544 g/mol. The molecule has 2 N–H and O–H groups in total. The fourth-order valence-corrected chi connectivity index (χ4v) is 4.49. The molecule has 0 radical (unpaired) electrons. The van der Waals surface area contributed by atoms with Gasteiger partial charge >= 0.3 is 0 Å². The van der Waals surface area contributed by atoms with Crippen molar-refractivity contribution >= 4 is 64.3 Å². The summed E-state index contributed by atoms with van der Waals surface area (Å²) in [5, 5.41) is 12.4. The minimum absolute atomic E-state index is 0.106. The van der Waals surface area contributed by atoms with E-state index < -0.39 is 5.91 Å². The number of nitrogens with zero attached hydrogens (tertiary/aromatic N) is 3. The second-order valence-corrected chi connectivity index (χ2v) is 9.34. The third-order valence-corrected chi connectivity index (χ3v) is 6.71. The fraction of sp³-hybridized carbons (Fsp3) is 0.0833. The standard InChI is InChI=1S/C24H19Cl2N5O2S2/c1-15-28-29-24(35-14-16-6-3-2-4-7-16)31(15)30-23(34)27-21(32)13-11-17-10-12-20(33-17)18-8-5-9-19(25)22(18)26/h2-13H,14H2,1H3,(H2,27,30,32,34)/b13-11+. The summed E-state index contributed by atoms with van der Waals surface area (Å²) in [6, 6.07) is 18.8. The molecule has 4 aromatic rings. The maximum absolute atomic E-state index is 12.4. The van der Waals surface area contributed by atoms with Gasteiger partial charge in [-0.25, -0.2) is 4.68 Å². The van der Waals surface area contributed by atoms with Crippen molar-refractivity contribution in [2.24, 2.45) is 0 Å². The number of thioether (sulfide) groups is 1. The number of carbonyl (C=O) groups is 1. The molecule has 0 saturated heterocycles. The number of nitrogens with one attached hydrogen (secondary N) is 2. The van der Waals surface area contributed by atoms with Gasteiger partial charge in [0.05, 0.1) is 10.0 Å². The summed E-state index contributed by atoms with van der Waals surface area (Å²) in [4.78, 5) is 12.4. The zero-order valence-corrected chi connectivity index (χ0v) is 21.5. The van der Waals surface area contributed by atoms with E-state index in [0.29, 0.717) is 43.9 Å². The lowest BCUT2D eigenvalue weighted by molar-refractivity contribution is -0.115. The molecule has 0 aliphatic heterocycles. The zero-order valence-electron chi connectivity index (χ0n) is 18.4. The molecule has 2 aromatic carbocycles. The maximum Gasteiger partial charge on any atom is 0.250 e. The highest BCUT2D eigenvalue weighted by Gasteiger charge is 2.13. The molecule has 0 unspecified atom stereocenters. The normalized spacial score (nSPS) is 11.1. The van der Waals surface area contributed by atoms with Gasteiger partial charge < -0.3 is 4.42 Å². The summed E-state index contributed by atoms with van der Waals surface area (Å²) < 4.78 is 7.39. The van der Waals surface area contributed by atoms with Crippen LogP contribution in [0.1, 0.15) is 17.1 Å². The molecule has 1 amide bonds. The van der Waals surface area contributed by atoms with Crippen molar-refractivity contribution in [2.75, 3.05) is 5.43 Å². The zero-order chi connectivity index (χ0) is 24.8. The summed E-state index contributed by atoms with van der Waals surface area (Å²) in [6.07, 6.45) is 2.85. The van der Waals surface area contributed by atoms with Crippen LogP contribution in [0.3, 0.4) is 0 Å². The number of hydrogen-bond donors (Lipinski definition) is 2. The van der Waals surface area contributed by atoms with Gasteiger partial charge in [-0.3, -0.25) is 15.5 Å². The number of aromatic nitrogens is 3. The molecule has 0 bridgehead atoms. The van der Waals surface area contributed by atoms with Crippen LogP contribution in [0, 0.1) is 6.92 Å². The van der Waals surface area contributed by atoms with E-state index in [0.717, 1.165) is 5.56 Å². The molecule has 0 fully saturated rings. The smallest absolute Gasteiger partial charge is 0.250 e. The molecule has 35 heavy (non-hydrogen) atoms. The molecule has 0 aliphatic rings. The van der Waals surface area contributed by atoms with Gasteiger partial charge in [0.25, 0.3) is 0 Å². The van der Waals surface area contributed by atoms with E-state index in [1.165, 1.54) is 23.9 Å². The summed E-state index contributed by atoms with van der Waals surface area (Å²) >= 11 is 19.1. The Kier molecular flexibility index (Phi) is 8.25. The molecule has 178 valence electrons. The van der Waals surface area contributed by atoms with Crippen molar-refractivity contribution in [3.05, 3.63) is 93.9 Å². The number of amides is 1. The van der Waals surface area contributed by atoms with Crippen molar-refractivity contribution in [1.29, 1.82) is 0 Å². The summed E-state index contributed by atoms with van der Waals surface area (Å²) in [5.41, 5.74) is 4.77. The van der Waals surface area contributed by atoms with Gasteiger partial charge in [0.1, 0.15) is 17.3 Å². The largest absolute Gasteiger partial charge is 0.457 e. The molecule has 2 heterocycles. The highest BCUT2D eigenvalue weighted by atomic mass is 35.5. The minimum Gasteiger partial charge on any atom is -0.457 e. The van der Waals surface area contributed by atoms with Gasteiger partial charge in [-0.2, -0.15) is 0 Å². The molecule has 0 spiro atoms. The summed E-state index contributed by atoms with van der Waals surface area (Å²) in [6.45, 7) is 1.79. The first-order chi connectivity index (χ1) is 16.9. The van der Waals surface area contributed by atoms with Gasteiger partial charge in [0, 0.05) is 17.4 Å². The first-order valence-electron chi connectivity index (χ1n) is 10.3. The van der Waals surface area contributed by atoms with E-state index >= 15 is 0 Å². The molecule has 7 nitrogen and oxygen atoms in total. The molecule has 11 heteroatoms. The van der Waals surface area contributed by atoms with E-state index in [-0.39, 0.29) is 5.11 Å². The Morgan fingerprint density at radius 1 is 1.11 bits per heavy atom. The van der Waals surface area contributed by atoms with E-state index in [2.05, 4.69) is 20.9 Å². The van der Waals surface area contributed by atoms with E-state index in [1.807, 2.05) is 30.3 Å². The highest BCUT2D eigenvalue weighted by molar-refractivity contribution is 7.98. The van der Waals surface area contributed by atoms with E-state index in [1.54, 1.807) is 41.9 Å². The van der Waals surface area contributed by atoms with Crippen LogP contribution in [-0.4, -0.2) is 25.9 Å². The number of carbonyl (C=O) groups excluding carboxylic acids is 1. The first kappa shape index (κ1) is 25.0. The molecular formula is C24H19Cl2N5O2S2. The van der Waals surface area contributed by atoms with Gasteiger partial charge in [0.15, 0.2) is 5.11 Å². The number of benzene rings is 2. The number of aryl methyl sites for hydroxylation is 1. The highest BCUT2D eigenvalue weighted by Crippen LogP contribution is 2.34. The van der Waals surface area contributed by atoms with Crippen LogP contribution < -0.4 is 10.7 Å². The Labute approximate surface area is 221 Å². The average Bonchev–Trinajstić information content (AvgIpc) is 3.46. The van der Waals surface area contributed by atoms with Gasteiger partial charge in [-0.05, 0) is 55.0 Å². The lowest BCUT2D eigenvalue weighted by atomic mass is 10.2. The second-order valence-electron chi connectivity index (χ2n) is 7.21. The predicted octanol–water partition coefficient (Wildman–Crippen LogP) is 6.10. The molecule has 0 aliphatic carbocycles. The van der Waals surface area contributed by atoms with Crippen molar-refractivity contribution < 1.29 is 9.21 Å². The summed E-state index contributed by atoms with van der Waals surface area (Å²) in [5.74, 6) is 1.91. The minimum atomic E-state index is -0.426. The van der Waals surface area contributed by atoms with Gasteiger partial charge in [0.2, 0.25) is 11.1 Å². The van der Waals surface area contributed by atoms with Crippen molar-refractivity contribution in [3.8, 4) is 11.3 Å². The SMILES string of the molecule is Cc1nnc(SCc2ccccc2)n1NC(=S)NC(=O)/C=C/c1ccc(-c2cccc(Cl)c2Cl)o1. The van der Waals surface area contributed by atoms with Crippen LogP contribution in [0.2, 0.25) is 10.0 Å². The predicted molar refractivity (Wildman–Crippen MR) is 144 cm³/mol. The Hall–Kier alpha value is -3.11. The van der Waals surface area contributed by atoms with Crippen LogP contribution >= 0.6 is 47.2 Å².